The number of rotatable bonds is 5. The molecule has 13 heavy (non-hydrogen) atoms. The minimum atomic E-state index is -0.508. The van der Waals surface area contributed by atoms with Gasteiger partial charge in [0.25, 0.3) is 0 Å². The molecule has 1 saturated carbocycles. The quantitative estimate of drug-likeness (QED) is 0.558. The second-order valence-corrected chi connectivity index (χ2v) is 5.84. The normalized spacial score (nSPS) is 28.8. The van der Waals surface area contributed by atoms with Crippen LogP contribution in [0.4, 0.5) is 0 Å². The van der Waals surface area contributed by atoms with Crippen molar-refractivity contribution in [3.8, 4) is 0 Å². The zero-order chi connectivity index (χ0) is 10.1. The maximum absolute atomic E-state index is 6.14. The number of hydrogen-bond donors (Lipinski definition) is 1. The maximum atomic E-state index is 6.14. The summed E-state index contributed by atoms with van der Waals surface area (Å²) in [6.07, 6.45) is 2.46. The largest absolute Gasteiger partial charge is 0.316 e. The Morgan fingerprint density at radius 2 is 1.85 bits per heavy atom. The third-order valence-electron chi connectivity index (χ3n) is 3.14. The molecule has 78 valence electrons. The van der Waals surface area contributed by atoms with Crippen molar-refractivity contribution in [2.75, 3.05) is 13.1 Å². The molecule has 1 rings (SSSR count). The summed E-state index contributed by atoms with van der Waals surface area (Å²) in [4.78, 5) is 0. The second-order valence-electron chi connectivity index (χ2n) is 4.45. The van der Waals surface area contributed by atoms with Crippen LogP contribution in [0.15, 0.2) is 0 Å². The fourth-order valence-electron chi connectivity index (χ4n) is 1.69. The second kappa shape index (κ2) is 3.96. The average molecular weight is 224 g/mol. The van der Waals surface area contributed by atoms with Gasteiger partial charge in [-0.3, -0.25) is 0 Å². The Labute approximate surface area is 91.2 Å². The van der Waals surface area contributed by atoms with Crippen LogP contribution >= 0.6 is 23.2 Å². The number of nitrogens with one attached hydrogen (secondary N) is 1. The Morgan fingerprint density at radius 3 is 2.23 bits per heavy atom. The molecule has 3 heteroatoms. The van der Waals surface area contributed by atoms with Gasteiger partial charge in [0.15, 0.2) is 0 Å². The van der Waals surface area contributed by atoms with Gasteiger partial charge < -0.3 is 5.32 Å². The van der Waals surface area contributed by atoms with Crippen LogP contribution in [0.1, 0.15) is 33.6 Å². The van der Waals surface area contributed by atoms with Crippen LogP contribution in [0.2, 0.25) is 0 Å². The lowest BCUT2D eigenvalue weighted by Crippen LogP contribution is -2.20. The van der Waals surface area contributed by atoms with Crippen LogP contribution in [0.25, 0.3) is 0 Å². The molecule has 0 heterocycles. The molecule has 1 N–H and O–H groups in total. The lowest BCUT2D eigenvalue weighted by Gasteiger charge is -2.03. The van der Waals surface area contributed by atoms with E-state index in [0.717, 1.165) is 13.1 Å². The van der Waals surface area contributed by atoms with Gasteiger partial charge in [-0.05, 0) is 13.0 Å². The van der Waals surface area contributed by atoms with Crippen LogP contribution in [-0.2, 0) is 0 Å². The molecule has 1 nitrogen and oxygen atoms in total. The molecule has 1 atom stereocenters. The Kier molecular flexibility index (Phi) is 3.54. The molecule has 0 amide bonds. The number of halogens is 2. The number of unbranched alkanes of at least 4 members (excludes halogenated alkanes) is 1. The molecule has 1 fully saturated rings. The minimum absolute atomic E-state index is 0.0787. The lowest BCUT2D eigenvalue weighted by atomic mass is 10.1. The van der Waals surface area contributed by atoms with Crippen molar-refractivity contribution in [3.63, 3.8) is 0 Å². The van der Waals surface area contributed by atoms with Crippen molar-refractivity contribution in [1.82, 2.24) is 5.32 Å². The van der Waals surface area contributed by atoms with Gasteiger partial charge in [-0.2, -0.15) is 0 Å². The highest BCUT2D eigenvalue weighted by atomic mass is 35.5. The third-order valence-corrected chi connectivity index (χ3v) is 4.64. The zero-order valence-corrected chi connectivity index (χ0v) is 10.2. The highest BCUT2D eigenvalue weighted by molar-refractivity contribution is 6.51. The van der Waals surface area contributed by atoms with Crippen molar-refractivity contribution in [1.29, 1.82) is 0 Å². The Hall–Kier alpha value is 0.540. The van der Waals surface area contributed by atoms with Gasteiger partial charge in [0, 0.05) is 17.9 Å². The van der Waals surface area contributed by atoms with Crippen molar-refractivity contribution in [3.05, 3.63) is 0 Å². The van der Waals surface area contributed by atoms with Gasteiger partial charge in [0.1, 0.15) is 4.33 Å². The van der Waals surface area contributed by atoms with Gasteiger partial charge >= 0.3 is 0 Å². The summed E-state index contributed by atoms with van der Waals surface area (Å²) in [5.41, 5.74) is 0.0787. The monoisotopic (exact) mass is 223 g/mol. The molecule has 0 aromatic carbocycles. The topological polar surface area (TPSA) is 12.0 Å². The predicted molar refractivity (Wildman–Crippen MR) is 59.5 cm³/mol. The van der Waals surface area contributed by atoms with Crippen molar-refractivity contribution in [2.45, 2.75) is 37.9 Å². The first kappa shape index (κ1) is 11.6. The first-order chi connectivity index (χ1) is 5.94. The van der Waals surface area contributed by atoms with Gasteiger partial charge in [0.05, 0.1) is 0 Å². The summed E-state index contributed by atoms with van der Waals surface area (Å²) in [6.45, 7) is 8.46. The van der Waals surface area contributed by atoms with Gasteiger partial charge in [0.2, 0.25) is 0 Å². The molecule has 0 bridgehead atoms. The molecule has 0 aromatic rings. The zero-order valence-electron chi connectivity index (χ0n) is 8.66. The van der Waals surface area contributed by atoms with E-state index in [-0.39, 0.29) is 5.41 Å². The van der Waals surface area contributed by atoms with Gasteiger partial charge in [-0.1, -0.05) is 27.2 Å². The fraction of sp³-hybridized carbons (Fsp3) is 1.00. The third kappa shape index (κ3) is 2.14. The van der Waals surface area contributed by atoms with E-state index in [1.54, 1.807) is 0 Å². The van der Waals surface area contributed by atoms with Crippen LogP contribution in [0.5, 0.6) is 0 Å². The first-order valence-electron chi connectivity index (χ1n) is 5.03. The summed E-state index contributed by atoms with van der Waals surface area (Å²) in [6, 6.07) is 0. The Bertz CT molecular complexity index is 164. The summed E-state index contributed by atoms with van der Waals surface area (Å²) in [5.74, 6) is 0.403. The number of alkyl halides is 2. The molecule has 0 saturated heterocycles. The minimum Gasteiger partial charge on any atom is -0.316 e. The molecule has 1 aliphatic carbocycles. The molecule has 1 aliphatic rings. The van der Waals surface area contributed by atoms with Crippen LogP contribution in [-0.4, -0.2) is 17.4 Å². The lowest BCUT2D eigenvalue weighted by molar-refractivity contribution is 0.514. The fourth-order valence-corrected chi connectivity index (χ4v) is 2.54. The molecular weight excluding hydrogens is 205 g/mol. The van der Waals surface area contributed by atoms with Crippen molar-refractivity contribution in [2.24, 2.45) is 11.3 Å². The van der Waals surface area contributed by atoms with Crippen LogP contribution < -0.4 is 5.32 Å². The van der Waals surface area contributed by atoms with Crippen LogP contribution in [0.3, 0.4) is 0 Å². The molecule has 0 spiro atoms. The summed E-state index contributed by atoms with van der Waals surface area (Å²) < 4.78 is -0.508. The SMILES string of the molecule is CCCCNCC1C(C)(C)C1(Cl)Cl. The average Bonchev–Trinajstić information content (AvgIpc) is 2.39. The molecule has 1 unspecified atom stereocenters. The van der Waals surface area contributed by atoms with E-state index in [0.29, 0.717) is 5.92 Å². The van der Waals surface area contributed by atoms with E-state index in [2.05, 4.69) is 26.1 Å². The van der Waals surface area contributed by atoms with E-state index in [1.165, 1.54) is 12.8 Å². The van der Waals surface area contributed by atoms with E-state index >= 15 is 0 Å². The summed E-state index contributed by atoms with van der Waals surface area (Å²) in [7, 11) is 0. The maximum Gasteiger partial charge on any atom is 0.128 e. The van der Waals surface area contributed by atoms with Gasteiger partial charge in [-0.25, -0.2) is 0 Å². The first-order valence-corrected chi connectivity index (χ1v) is 5.78. The molecule has 0 aliphatic heterocycles. The van der Waals surface area contributed by atoms with Gasteiger partial charge in [-0.15, -0.1) is 23.2 Å². The smallest absolute Gasteiger partial charge is 0.128 e. The van der Waals surface area contributed by atoms with Crippen molar-refractivity contribution < 1.29 is 0 Å². The highest BCUT2D eigenvalue weighted by Gasteiger charge is 2.69. The summed E-state index contributed by atoms with van der Waals surface area (Å²) in [5, 5.41) is 3.39. The van der Waals surface area contributed by atoms with E-state index in [1.807, 2.05) is 0 Å². The Morgan fingerprint density at radius 1 is 1.31 bits per heavy atom. The van der Waals surface area contributed by atoms with Crippen LogP contribution in [0, 0.1) is 11.3 Å². The Balaban J connectivity index is 2.19. The molecular formula is C10H19Cl2N. The highest BCUT2D eigenvalue weighted by Crippen LogP contribution is 2.68. The van der Waals surface area contributed by atoms with Crippen molar-refractivity contribution >= 4 is 23.2 Å². The summed E-state index contributed by atoms with van der Waals surface area (Å²) >= 11 is 12.3. The van der Waals surface area contributed by atoms with E-state index < -0.39 is 4.33 Å². The van der Waals surface area contributed by atoms with E-state index in [9.17, 15) is 0 Å². The molecule has 0 radical (unpaired) electrons. The van der Waals surface area contributed by atoms with E-state index in [4.69, 9.17) is 23.2 Å². The standard InChI is InChI=1S/C10H19Cl2N/c1-4-5-6-13-7-8-9(2,3)10(8,11)12/h8,13H,4-7H2,1-3H3. The predicted octanol–water partition coefficient (Wildman–Crippen LogP) is 3.21. The molecule has 0 aromatic heterocycles. The number of hydrogen-bond acceptors (Lipinski definition) is 1.